The van der Waals surface area contributed by atoms with Crippen molar-refractivity contribution >= 4 is 5.91 Å². The van der Waals surface area contributed by atoms with Crippen molar-refractivity contribution in [2.75, 3.05) is 19.7 Å². The van der Waals surface area contributed by atoms with E-state index in [1.807, 2.05) is 44.2 Å². The van der Waals surface area contributed by atoms with Gasteiger partial charge in [0, 0.05) is 18.5 Å². The van der Waals surface area contributed by atoms with Crippen molar-refractivity contribution < 1.29 is 14.6 Å². The molecule has 110 valence electrons. The van der Waals surface area contributed by atoms with Gasteiger partial charge in [0.1, 0.15) is 6.61 Å². The van der Waals surface area contributed by atoms with Crippen LogP contribution in [0.2, 0.25) is 0 Å². The van der Waals surface area contributed by atoms with Crippen LogP contribution < -0.4 is 0 Å². The van der Waals surface area contributed by atoms with E-state index in [-0.39, 0.29) is 17.9 Å². The van der Waals surface area contributed by atoms with Crippen LogP contribution in [-0.4, -0.2) is 41.2 Å². The average molecular weight is 277 g/mol. The summed E-state index contributed by atoms with van der Waals surface area (Å²) in [7, 11) is 0. The Labute approximate surface area is 120 Å². The Hall–Kier alpha value is -1.39. The minimum absolute atomic E-state index is 0.0566. The van der Waals surface area contributed by atoms with Gasteiger partial charge in [-0.2, -0.15) is 0 Å². The highest BCUT2D eigenvalue weighted by Crippen LogP contribution is 2.38. The van der Waals surface area contributed by atoms with E-state index in [1.54, 1.807) is 11.8 Å². The summed E-state index contributed by atoms with van der Waals surface area (Å²) in [4.78, 5) is 13.8. The molecule has 0 unspecified atom stereocenters. The lowest BCUT2D eigenvalue weighted by Gasteiger charge is -2.30. The zero-order chi connectivity index (χ0) is 14.8. The molecule has 2 rings (SSSR count). The van der Waals surface area contributed by atoms with E-state index in [0.29, 0.717) is 19.7 Å². The van der Waals surface area contributed by atoms with Crippen molar-refractivity contribution in [1.29, 1.82) is 0 Å². The predicted molar refractivity (Wildman–Crippen MR) is 77.1 cm³/mol. The molecular weight excluding hydrogens is 254 g/mol. The van der Waals surface area contributed by atoms with Crippen molar-refractivity contribution in [2.24, 2.45) is 5.41 Å². The first kappa shape index (κ1) is 15.0. The molecule has 1 amide bonds. The first-order valence-electron chi connectivity index (χ1n) is 6.94. The molecule has 1 fully saturated rings. The van der Waals surface area contributed by atoms with Gasteiger partial charge in [0.05, 0.1) is 12.2 Å². The summed E-state index contributed by atoms with van der Waals surface area (Å²) < 4.78 is 5.46. The van der Waals surface area contributed by atoms with E-state index >= 15 is 0 Å². The van der Waals surface area contributed by atoms with Gasteiger partial charge >= 0.3 is 0 Å². The summed E-state index contributed by atoms with van der Waals surface area (Å²) in [6.45, 7) is 7.16. The van der Waals surface area contributed by atoms with Crippen molar-refractivity contribution in [2.45, 2.75) is 33.0 Å². The second-order valence-corrected chi connectivity index (χ2v) is 6.39. The summed E-state index contributed by atoms with van der Waals surface area (Å²) in [5.41, 5.74) is -0.0847. The standard InChI is InChI=1S/C16H23NO3/c1-15(2)11-17(12-16(15,3)19)14(18)10-20-9-13-7-5-4-6-8-13/h4-8,19H,9-12H2,1-3H3/t16-/m1/s1. The van der Waals surface area contributed by atoms with Gasteiger partial charge in [0.15, 0.2) is 0 Å². The van der Waals surface area contributed by atoms with Gasteiger partial charge in [-0.3, -0.25) is 4.79 Å². The first-order valence-corrected chi connectivity index (χ1v) is 6.94. The van der Waals surface area contributed by atoms with Gasteiger partial charge in [-0.05, 0) is 12.5 Å². The van der Waals surface area contributed by atoms with Gasteiger partial charge in [-0.15, -0.1) is 0 Å². The maximum absolute atomic E-state index is 12.1. The topological polar surface area (TPSA) is 49.8 Å². The van der Waals surface area contributed by atoms with Crippen LogP contribution in [0, 0.1) is 5.41 Å². The molecule has 1 aromatic rings. The molecule has 1 heterocycles. The average Bonchev–Trinajstić information content (AvgIpc) is 2.60. The number of carbonyl (C=O) groups is 1. The highest BCUT2D eigenvalue weighted by Gasteiger charge is 2.49. The summed E-state index contributed by atoms with van der Waals surface area (Å²) in [5.74, 6) is -0.0632. The van der Waals surface area contributed by atoms with Crippen LogP contribution in [0.15, 0.2) is 30.3 Å². The van der Waals surface area contributed by atoms with Crippen molar-refractivity contribution in [1.82, 2.24) is 4.90 Å². The summed E-state index contributed by atoms with van der Waals surface area (Å²) in [5, 5.41) is 10.3. The SMILES string of the molecule is CC1(C)CN(C(=O)COCc2ccccc2)C[C@@]1(C)O. The van der Waals surface area contributed by atoms with Crippen LogP contribution >= 0.6 is 0 Å². The Morgan fingerprint density at radius 2 is 1.90 bits per heavy atom. The second kappa shape index (κ2) is 5.54. The highest BCUT2D eigenvalue weighted by molar-refractivity contribution is 5.78. The number of carbonyl (C=O) groups excluding carboxylic acids is 1. The Balaban J connectivity index is 1.82. The monoisotopic (exact) mass is 277 g/mol. The zero-order valence-electron chi connectivity index (χ0n) is 12.4. The van der Waals surface area contributed by atoms with E-state index in [0.717, 1.165) is 5.56 Å². The van der Waals surface area contributed by atoms with E-state index in [1.165, 1.54) is 0 Å². The Kier molecular flexibility index (Phi) is 4.16. The molecule has 4 heteroatoms. The minimum atomic E-state index is -0.845. The third-order valence-corrected chi connectivity index (χ3v) is 4.23. The molecule has 0 aliphatic carbocycles. The van der Waals surface area contributed by atoms with Crippen LogP contribution in [0.5, 0.6) is 0 Å². The fraction of sp³-hybridized carbons (Fsp3) is 0.562. The van der Waals surface area contributed by atoms with E-state index in [2.05, 4.69) is 0 Å². The van der Waals surface area contributed by atoms with Gasteiger partial charge in [0.2, 0.25) is 5.91 Å². The lowest BCUT2D eigenvalue weighted by molar-refractivity contribution is -0.136. The Morgan fingerprint density at radius 3 is 2.45 bits per heavy atom. The van der Waals surface area contributed by atoms with E-state index in [4.69, 9.17) is 4.74 Å². The molecule has 1 aliphatic heterocycles. The second-order valence-electron chi connectivity index (χ2n) is 6.39. The largest absolute Gasteiger partial charge is 0.388 e. The molecule has 1 aliphatic rings. The lowest BCUT2D eigenvalue weighted by Crippen LogP contribution is -2.40. The number of hydrogen-bond donors (Lipinski definition) is 1. The van der Waals surface area contributed by atoms with Crippen LogP contribution in [-0.2, 0) is 16.1 Å². The number of aliphatic hydroxyl groups is 1. The molecule has 1 N–H and O–H groups in total. The highest BCUT2D eigenvalue weighted by atomic mass is 16.5. The number of benzene rings is 1. The molecule has 0 bridgehead atoms. The smallest absolute Gasteiger partial charge is 0.248 e. The number of ether oxygens (including phenoxy) is 1. The predicted octanol–water partition coefficient (Wildman–Crippen LogP) is 1.82. The van der Waals surface area contributed by atoms with Gasteiger partial charge in [0.25, 0.3) is 0 Å². The van der Waals surface area contributed by atoms with Crippen molar-refractivity contribution in [3.8, 4) is 0 Å². The maximum atomic E-state index is 12.1. The summed E-state index contributed by atoms with van der Waals surface area (Å²) in [6.07, 6.45) is 0. The lowest BCUT2D eigenvalue weighted by atomic mass is 9.79. The molecule has 1 saturated heterocycles. The van der Waals surface area contributed by atoms with Gasteiger partial charge in [-0.1, -0.05) is 44.2 Å². The third kappa shape index (κ3) is 3.19. The normalized spacial score (nSPS) is 24.9. The van der Waals surface area contributed by atoms with Gasteiger partial charge < -0.3 is 14.7 Å². The molecule has 0 saturated carbocycles. The fourth-order valence-corrected chi connectivity index (χ4v) is 2.39. The van der Waals surface area contributed by atoms with Crippen LogP contribution in [0.25, 0.3) is 0 Å². The van der Waals surface area contributed by atoms with Crippen LogP contribution in [0.4, 0.5) is 0 Å². The number of likely N-dealkylation sites (tertiary alicyclic amines) is 1. The van der Waals surface area contributed by atoms with E-state index in [9.17, 15) is 9.90 Å². The third-order valence-electron chi connectivity index (χ3n) is 4.23. The molecule has 1 atom stereocenters. The number of nitrogens with zero attached hydrogens (tertiary/aromatic N) is 1. The molecule has 20 heavy (non-hydrogen) atoms. The van der Waals surface area contributed by atoms with Crippen LogP contribution in [0.1, 0.15) is 26.3 Å². The molecule has 0 radical (unpaired) electrons. The number of hydrogen-bond acceptors (Lipinski definition) is 3. The first-order chi connectivity index (χ1) is 9.32. The van der Waals surface area contributed by atoms with Crippen molar-refractivity contribution in [3.05, 3.63) is 35.9 Å². The van der Waals surface area contributed by atoms with E-state index < -0.39 is 5.60 Å². The fourth-order valence-electron chi connectivity index (χ4n) is 2.39. The molecule has 0 spiro atoms. The Bertz CT molecular complexity index is 452. The van der Waals surface area contributed by atoms with Gasteiger partial charge in [-0.25, -0.2) is 0 Å². The molecule has 0 aromatic heterocycles. The Morgan fingerprint density at radius 1 is 1.25 bits per heavy atom. The number of amides is 1. The zero-order valence-corrected chi connectivity index (χ0v) is 12.4. The summed E-state index contributed by atoms with van der Waals surface area (Å²) in [6, 6.07) is 9.77. The molecular formula is C16H23NO3. The summed E-state index contributed by atoms with van der Waals surface area (Å²) >= 11 is 0. The minimum Gasteiger partial charge on any atom is -0.388 e. The number of β-amino-alcohol motifs (C(OH)–C–C–N with tert-alkyl or cyclic N) is 1. The quantitative estimate of drug-likeness (QED) is 0.913. The van der Waals surface area contributed by atoms with Crippen LogP contribution in [0.3, 0.4) is 0 Å². The van der Waals surface area contributed by atoms with Crippen molar-refractivity contribution in [3.63, 3.8) is 0 Å². The number of rotatable bonds is 4. The molecule has 1 aromatic carbocycles. The maximum Gasteiger partial charge on any atom is 0.248 e. The molecule has 4 nitrogen and oxygen atoms in total.